The van der Waals surface area contributed by atoms with Crippen molar-refractivity contribution in [3.8, 4) is 0 Å². The largest absolute Gasteiger partial charge is 0.316 e. The predicted molar refractivity (Wildman–Crippen MR) is 86.9 cm³/mol. The van der Waals surface area contributed by atoms with Crippen LogP contribution in [0.5, 0.6) is 0 Å². The summed E-state index contributed by atoms with van der Waals surface area (Å²) in [6, 6.07) is 15.4. The molecule has 0 saturated carbocycles. The molecule has 1 aromatic heterocycles. The fourth-order valence-electron chi connectivity index (χ4n) is 2.45. The Morgan fingerprint density at radius 3 is 2.74 bits per heavy atom. The average Bonchev–Trinajstić information content (AvgIpc) is 2.77. The van der Waals surface area contributed by atoms with Gasteiger partial charge in [0, 0.05) is 26.7 Å². The Bertz CT molecular complexity index is 752. The highest BCUT2D eigenvalue weighted by Crippen LogP contribution is 2.34. The number of hydrogen-bond acceptors (Lipinski definition) is 2. The van der Waals surface area contributed by atoms with Gasteiger partial charge in [-0.05, 0) is 37.7 Å². The summed E-state index contributed by atoms with van der Waals surface area (Å²) >= 11 is 1.87. The van der Waals surface area contributed by atoms with Crippen LogP contribution in [0.4, 0.5) is 0 Å². The van der Waals surface area contributed by atoms with Gasteiger partial charge in [0.25, 0.3) is 0 Å². The van der Waals surface area contributed by atoms with Gasteiger partial charge in [0.05, 0.1) is 0 Å². The fourth-order valence-corrected chi connectivity index (χ4v) is 3.53. The van der Waals surface area contributed by atoms with E-state index in [0.717, 1.165) is 6.54 Å². The van der Waals surface area contributed by atoms with Crippen LogP contribution in [-0.4, -0.2) is 13.6 Å². The molecule has 0 fully saturated rings. The van der Waals surface area contributed by atoms with Crippen LogP contribution in [0.3, 0.4) is 0 Å². The van der Waals surface area contributed by atoms with Crippen LogP contribution in [0.15, 0.2) is 48.0 Å². The minimum Gasteiger partial charge on any atom is -0.316 e. The summed E-state index contributed by atoms with van der Waals surface area (Å²) in [6.45, 7) is 3.09. The molecule has 0 bridgehead atoms. The van der Waals surface area contributed by atoms with Crippen LogP contribution in [0.1, 0.15) is 12.5 Å². The second kappa shape index (κ2) is 5.16. The topological polar surface area (TPSA) is 12.0 Å². The first kappa shape index (κ1) is 12.4. The average molecular weight is 267 g/mol. The lowest BCUT2D eigenvalue weighted by Crippen LogP contribution is -2.08. The highest BCUT2D eigenvalue weighted by molar-refractivity contribution is 7.25. The van der Waals surface area contributed by atoms with Crippen LogP contribution in [-0.2, 0) is 0 Å². The molecule has 3 aromatic rings. The molecule has 1 nitrogen and oxygen atoms in total. The van der Waals surface area contributed by atoms with Crippen molar-refractivity contribution in [1.29, 1.82) is 0 Å². The Labute approximate surface area is 117 Å². The van der Waals surface area contributed by atoms with Gasteiger partial charge in [-0.25, -0.2) is 0 Å². The Kier molecular flexibility index (Phi) is 3.36. The second-order valence-electron chi connectivity index (χ2n) is 4.87. The number of thiophene rings is 1. The van der Waals surface area contributed by atoms with E-state index in [1.165, 1.54) is 31.3 Å². The van der Waals surface area contributed by atoms with Gasteiger partial charge in [-0.15, -0.1) is 11.3 Å². The Hall–Kier alpha value is -1.64. The van der Waals surface area contributed by atoms with Crippen molar-refractivity contribution >= 4 is 37.6 Å². The van der Waals surface area contributed by atoms with Gasteiger partial charge in [-0.3, -0.25) is 0 Å². The molecule has 0 saturated heterocycles. The third-order valence-electron chi connectivity index (χ3n) is 3.27. The third kappa shape index (κ3) is 2.42. The lowest BCUT2D eigenvalue weighted by Gasteiger charge is -2.00. The highest BCUT2D eigenvalue weighted by atomic mass is 32.1. The predicted octanol–water partition coefficient (Wildman–Crippen LogP) is 4.68. The quantitative estimate of drug-likeness (QED) is 0.726. The van der Waals surface area contributed by atoms with Gasteiger partial charge in [0.1, 0.15) is 0 Å². The monoisotopic (exact) mass is 267 g/mol. The van der Waals surface area contributed by atoms with E-state index in [9.17, 15) is 0 Å². The lowest BCUT2D eigenvalue weighted by atomic mass is 10.1. The van der Waals surface area contributed by atoms with E-state index in [2.05, 4.69) is 60.8 Å². The van der Waals surface area contributed by atoms with E-state index >= 15 is 0 Å². The second-order valence-corrected chi connectivity index (χ2v) is 5.96. The summed E-state index contributed by atoms with van der Waals surface area (Å²) in [4.78, 5) is 0. The van der Waals surface area contributed by atoms with E-state index in [4.69, 9.17) is 0 Å². The molecule has 1 heterocycles. The van der Waals surface area contributed by atoms with Crippen molar-refractivity contribution in [3.63, 3.8) is 0 Å². The maximum Gasteiger partial charge on any atom is 0.0355 e. The van der Waals surface area contributed by atoms with Gasteiger partial charge in [0.15, 0.2) is 0 Å². The normalized spacial score (nSPS) is 12.4. The fraction of sp³-hybridized carbons (Fsp3) is 0.176. The summed E-state index contributed by atoms with van der Waals surface area (Å²) < 4.78 is 2.73. The maximum absolute atomic E-state index is 3.18. The highest BCUT2D eigenvalue weighted by Gasteiger charge is 2.04. The summed E-state index contributed by atoms with van der Waals surface area (Å²) in [5, 5.41) is 5.92. The number of nitrogens with one attached hydrogen (secondary N) is 1. The summed E-state index contributed by atoms with van der Waals surface area (Å²) in [7, 11) is 1.98. The molecule has 19 heavy (non-hydrogen) atoms. The molecule has 0 atom stereocenters. The molecule has 0 amide bonds. The van der Waals surface area contributed by atoms with Gasteiger partial charge in [0.2, 0.25) is 0 Å². The molecule has 0 unspecified atom stereocenters. The zero-order valence-corrected chi connectivity index (χ0v) is 12.1. The first-order valence-corrected chi connectivity index (χ1v) is 7.32. The molecular weight excluding hydrogens is 250 g/mol. The van der Waals surface area contributed by atoms with Crippen molar-refractivity contribution in [2.45, 2.75) is 6.92 Å². The molecule has 0 aliphatic rings. The summed E-state index contributed by atoms with van der Waals surface area (Å²) in [5.41, 5.74) is 2.63. The van der Waals surface area contributed by atoms with Crippen LogP contribution in [0, 0.1) is 0 Å². The van der Waals surface area contributed by atoms with Gasteiger partial charge < -0.3 is 5.32 Å². The van der Waals surface area contributed by atoms with E-state index in [-0.39, 0.29) is 0 Å². The van der Waals surface area contributed by atoms with E-state index in [1.807, 2.05) is 18.4 Å². The lowest BCUT2D eigenvalue weighted by molar-refractivity contribution is 0.884. The van der Waals surface area contributed by atoms with Crippen LogP contribution in [0.25, 0.3) is 26.2 Å². The van der Waals surface area contributed by atoms with E-state index in [0.29, 0.717) is 0 Å². The number of fused-ring (bicyclic) bond motifs is 3. The van der Waals surface area contributed by atoms with E-state index in [1.54, 1.807) is 0 Å². The van der Waals surface area contributed by atoms with Crippen molar-refractivity contribution in [2.24, 2.45) is 0 Å². The van der Waals surface area contributed by atoms with Gasteiger partial charge >= 0.3 is 0 Å². The Morgan fingerprint density at radius 2 is 1.89 bits per heavy atom. The SMILES string of the molecule is CNCC(C)=Cc1ccc2sc3ccccc3c2c1. The molecule has 0 radical (unpaired) electrons. The number of hydrogen-bond donors (Lipinski definition) is 1. The zero-order chi connectivity index (χ0) is 13.2. The van der Waals surface area contributed by atoms with Crippen molar-refractivity contribution in [1.82, 2.24) is 5.32 Å². The minimum atomic E-state index is 0.933. The molecule has 3 rings (SSSR count). The minimum absolute atomic E-state index is 0.933. The third-order valence-corrected chi connectivity index (χ3v) is 4.42. The van der Waals surface area contributed by atoms with Crippen LogP contribution in [0.2, 0.25) is 0 Å². The van der Waals surface area contributed by atoms with Crippen molar-refractivity contribution < 1.29 is 0 Å². The molecule has 0 aliphatic carbocycles. The molecular formula is C17H17NS. The number of rotatable bonds is 3. The van der Waals surface area contributed by atoms with Gasteiger partial charge in [-0.2, -0.15) is 0 Å². The molecule has 96 valence electrons. The van der Waals surface area contributed by atoms with Crippen LogP contribution < -0.4 is 5.32 Å². The zero-order valence-electron chi connectivity index (χ0n) is 11.2. The van der Waals surface area contributed by atoms with Crippen molar-refractivity contribution in [2.75, 3.05) is 13.6 Å². The Balaban J connectivity index is 2.14. The summed E-state index contributed by atoms with van der Waals surface area (Å²) in [6.07, 6.45) is 2.25. The van der Waals surface area contributed by atoms with E-state index < -0.39 is 0 Å². The molecule has 0 aliphatic heterocycles. The summed E-state index contributed by atoms with van der Waals surface area (Å²) in [5.74, 6) is 0. The molecule has 2 heteroatoms. The standard InChI is InChI=1S/C17H17NS/c1-12(11-18-2)9-13-7-8-17-15(10-13)14-5-3-4-6-16(14)19-17/h3-10,18H,11H2,1-2H3. The maximum atomic E-state index is 3.18. The van der Waals surface area contributed by atoms with Crippen LogP contribution >= 0.6 is 11.3 Å². The first-order valence-electron chi connectivity index (χ1n) is 6.51. The molecule has 2 aromatic carbocycles. The van der Waals surface area contributed by atoms with Gasteiger partial charge in [-0.1, -0.05) is 35.9 Å². The van der Waals surface area contributed by atoms with Crippen molar-refractivity contribution in [3.05, 3.63) is 53.6 Å². The molecule has 1 N–H and O–H groups in total. The first-order chi connectivity index (χ1) is 9.28. The Morgan fingerprint density at radius 1 is 1.11 bits per heavy atom. The number of benzene rings is 2. The smallest absolute Gasteiger partial charge is 0.0355 e. The number of likely N-dealkylation sites (N-methyl/N-ethyl adjacent to an activating group) is 1. The molecule has 0 spiro atoms.